The van der Waals surface area contributed by atoms with Gasteiger partial charge in [0.05, 0.1) is 0 Å². The second-order valence-electron chi connectivity index (χ2n) is 6.28. The number of nitrogens with zero attached hydrogens (tertiary/aromatic N) is 1. The molecule has 0 saturated carbocycles. The van der Waals surface area contributed by atoms with Crippen molar-refractivity contribution in [3.05, 3.63) is 53.6 Å². The number of para-hydroxylation sites is 1. The topological polar surface area (TPSA) is 55.4 Å². The summed E-state index contributed by atoms with van der Waals surface area (Å²) in [5.74, 6) is 1.74. The highest BCUT2D eigenvalue weighted by Crippen LogP contribution is 2.32. The maximum atomic E-state index is 12.8. The van der Waals surface area contributed by atoms with E-state index in [0.29, 0.717) is 0 Å². The van der Waals surface area contributed by atoms with Gasteiger partial charge in [-0.1, -0.05) is 18.2 Å². The van der Waals surface area contributed by atoms with Gasteiger partial charge in [0.2, 0.25) is 6.79 Å². The lowest BCUT2D eigenvalue weighted by Gasteiger charge is -2.20. The van der Waals surface area contributed by atoms with Crippen LogP contribution in [0.15, 0.2) is 42.5 Å². The number of nitrogens with two attached hydrogens (primary N) is 1. The summed E-state index contributed by atoms with van der Waals surface area (Å²) in [5, 5.41) is 2.07. The summed E-state index contributed by atoms with van der Waals surface area (Å²) in [7, 11) is 0. The number of benzene rings is 2. The molecule has 2 aromatic carbocycles. The lowest BCUT2D eigenvalue weighted by molar-refractivity contribution is -0.688. The highest BCUT2D eigenvalue weighted by atomic mass is 16.7. The predicted octanol–water partition coefficient (Wildman–Crippen LogP) is 1.46. The summed E-state index contributed by atoms with van der Waals surface area (Å²) >= 11 is 0. The normalized spacial score (nSPS) is 16.1. The van der Waals surface area contributed by atoms with Gasteiger partial charge in [0.1, 0.15) is 6.54 Å². The molecular weight excluding hydrogens is 304 g/mol. The third-order valence-electron chi connectivity index (χ3n) is 4.69. The number of carbonyl (C=O) groups excluding carboxylic acids is 1. The van der Waals surface area contributed by atoms with Crippen LogP contribution in [0.4, 0.5) is 5.69 Å². The smallest absolute Gasteiger partial charge is 0.284 e. The minimum Gasteiger partial charge on any atom is -0.454 e. The van der Waals surface area contributed by atoms with Crippen LogP contribution in [-0.2, 0) is 17.8 Å². The van der Waals surface area contributed by atoms with Crippen molar-refractivity contribution in [2.24, 2.45) is 0 Å². The minimum atomic E-state index is -0.124. The van der Waals surface area contributed by atoms with Gasteiger partial charge in [-0.2, -0.15) is 0 Å². The lowest BCUT2D eigenvalue weighted by Crippen LogP contribution is -2.90. The van der Waals surface area contributed by atoms with Crippen LogP contribution in [0.5, 0.6) is 11.5 Å². The SMILES string of the molecule is C[C@@H]([NH2+]Cc1ccc2c(c1)OCO2)C(=O)N1CCc2ccccc21. The highest BCUT2D eigenvalue weighted by molar-refractivity contribution is 5.97. The Hall–Kier alpha value is -2.53. The molecule has 5 nitrogen and oxygen atoms in total. The summed E-state index contributed by atoms with van der Waals surface area (Å²) in [5.41, 5.74) is 3.44. The third-order valence-corrected chi connectivity index (χ3v) is 4.69. The molecule has 2 aromatic rings. The van der Waals surface area contributed by atoms with Crippen molar-refractivity contribution in [2.45, 2.75) is 25.9 Å². The van der Waals surface area contributed by atoms with Gasteiger partial charge in [0, 0.05) is 17.8 Å². The van der Waals surface area contributed by atoms with Crippen LogP contribution >= 0.6 is 0 Å². The van der Waals surface area contributed by atoms with Gasteiger partial charge in [0.25, 0.3) is 5.91 Å². The zero-order valence-electron chi connectivity index (χ0n) is 13.7. The summed E-state index contributed by atoms with van der Waals surface area (Å²) in [6, 6.07) is 14.0. The fraction of sp³-hybridized carbons (Fsp3) is 0.316. The molecule has 0 radical (unpaired) electrons. The number of hydrogen-bond acceptors (Lipinski definition) is 3. The van der Waals surface area contributed by atoms with Crippen LogP contribution < -0.4 is 19.7 Å². The molecule has 4 rings (SSSR count). The lowest BCUT2D eigenvalue weighted by atomic mass is 10.1. The van der Waals surface area contributed by atoms with Crippen LogP contribution in [0.1, 0.15) is 18.1 Å². The summed E-state index contributed by atoms with van der Waals surface area (Å²) in [6.07, 6.45) is 0.941. The first-order valence-corrected chi connectivity index (χ1v) is 8.33. The molecule has 2 aliphatic heterocycles. The molecule has 0 saturated heterocycles. The second kappa shape index (κ2) is 6.17. The van der Waals surface area contributed by atoms with Gasteiger partial charge in [0.15, 0.2) is 17.5 Å². The van der Waals surface area contributed by atoms with E-state index in [4.69, 9.17) is 9.47 Å². The van der Waals surface area contributed by atoms with Crippen LogP contribution in [0, 0.1) is 0 Å². The quantitative estimate of drug-likeness (QED) is 0.926. The maximum Gasteiger partial charge on any atom is 0.284 e. The molecular formula is C19H21N2O3+. The second-order valence-corrected chi connectivity index (χ2v) is 6.28. The standard InChI is InChI=1S/C19H20N2O3/c1-13(19(22)21-9-8-15-4-2-3-5-16(15)21)20-11-14-6-7-17-18(10-14)24-12-23-17/h2-7,10,13,20H,8-9,11-12H2,1H3/p+1/t13-/m1/s1. The molecule has 24 heavy (non-hydrogen) atoms. The number of rotatable bonds is 4. The van der Waals surface area contributed by atoms with E-state index in [-0.39, 0.29) is 18.7 Å². The fourth-order valence-electron chi connectivity index (χ4n) is 3.29. The molecule has 0 aromatic heterocycles. The summed E-state index contributed by atoms with van der Waals surface area (Å²) < 4.78 is 10.7. The molecule has 0 bridgehead atoms. The Morgan fingerprint density at radius 2 is 2.04 bits per heavy atom. The Balaban J connectivity index is 1.40. The highest BCUT2D eigenvalue weighted by Gasteiger charge is 2.29. The van der Waals surface area contributed by atoms with Crippen LogP contribution in [0.25, 0.3) is 0 Å². The Morgan fingerprint density at radius 1 is 1.21 bits per heavy atom. The zero-order valence-corrected chi connectivity index (χ0v) is 13.7. The predicted molar refractivity (Wildman–Crippen MR) is 90.2 cm³/mol. The Kier molecular flexibility index (Phi) is 3.86. The van der Waals surface area contributed by atoms with E-state index in [0.717, 1.165) is 42.3 Å². The van der Waals surface area contributed by atoms with E-state index >= 15 is 0 Å². The molecule has 1 atom stereocenters. The Morgan fingerprint density at radius 3 is 2.96 bits per heavy atom. The monoisotopic (exact) mass is 325 g/mol. The number of amides is 1. The van der Waals surface area contributed by atoms with E-state index in [1.54, 1.807) is 0 Å². The van der Waals surface area contributed by atoms with Crippen molar-refractivity contribution in [3.63, 3.8) is 0 Å². The van der Waals surface area contributed by atoms with Crippen molar-refractivity contribution in [3.8, 4) is 11.5 Å². The molecule has 0 aliphatic carbocycles. The number of hydrogen-bond donors (Lipinski definition) is 1. The molecule has 5 heteroatoms. The first-order valence-electron chi connectivity index (χ1n) is 8.33. The van der Waals surface area contributed by atoms with E-state index in [2.05, 4.69) is 11.4 Å². The Labute approximate surface area is 141 Å². The van der Waals surface area contributed by atoms with Gasteiger partial charge in [-0.3, -0.25) is 4.79 Å². The van der Waals surface area contributed by atoms with E-state index in [1.165, 1.54) is 5.56 Å². The molecule has 0 unspecified atom stereocenters. The Bertz CT molecular complexity index is 775. The van der Waals surface area contributed by atoms with E-state index in [9.17, 15) is 4.79 Å². The van der Waals surface area contributed by atoms with Gasteiger partial charge >= 0.3 is 0 Å². The number of carbonyl (C=O) groups is 1. The molecule has 2 heterocycles. The van der Waals surface area contributed by atoms with Crippen LogP contribution in [0.3, 0.4) is 0 Å². The molecule has 2 N–H and O–H groups in total. The fourth-order valence-corrected chi connectivity index (χ4v) is 3.29. The number of anilines is 1. The van der Waals surface area contributed by atoms with Crippen molar-refractivity contribution < 1.29 is 19.6 Å². The van der Waals surface area contributed by atoms with Gasteiger partial charge in [-0.25, -0.2) is 0 Å². The summed E-state index contributed by atoms with van der Waals surface area (Å²) in [6.45, 7) is 3.77. The first kappa shape index (κ1) is 15.0. The van der Waals surface area contributed by atoms with Crippen LogP contribution in [-0.4, -0.2) is 25.3 Å². The summed E-state index contributed by atoms with van der Waals surface area (Å²) in [4.78, 5) is 14.7. The molecule has 0 fully saturated rings. The van der Waals surface area contributed by atoms with Crippen molar-refractivity contribution >= 4 is 11.6 Å². The molecule has 2 aliphatic rings. The van der Waals surface area contributed by atoms with Gasteiger partial charge < -0.3 is 19.7 Å². The minimum absolute atomic E-state index is 0.124. The van der Waals surface area contributed by atoms with Crippen LogP contribution in [0.2, 0.25) is 0 Å². The number of fused-ring (bicyclic) bond motifs is 2. The van der Waals surface area contributed by atoms with Gasteiger partial charge in [-0.15, -0.1) is 0 Å². The molecule has 124 valence electrons. The largest absolute Gasteiger partial charge is 0.454 e. The average molecular weight is 325 g/mol. The molecule has 0 spiro atoms. The van der Waals surface area contributed by atoms with E-state index < -0.39 is 0 Å². The van der Waals surface area contributed by atoms with Crippen molar-refractivity contribution in [1.82, 2.24) is 0 Å². The van der Waals surface area contributed by atoms with Crippen molar-refractivity contribution in [1.29, 1.82) is 0 Å². The first-order chi connectivity index (χ1) is 11.7. The van der Waals surface area contributed by atoms with Crippen molar-refractivity contribution in [2.75, 3.05) is 18.2 Å². The molecule has 1 amide bonds. The average Bonchev–Trinajstić information content (AvgIpc) is 3.25. The maximum absolute atomic E-state index is 12.8. The third kappa shape index (κ3) is 2.71. The number of quaternary nitrogens is 1. The van der Waals surface area contributed by atoms with E-state index in [1.807, 2.05) is 48.2 Å². The number of ether oxygens (including phenoxy) is 2. The zero-order chi connectivity index (χ0) is 16.5. The van der Waals surface area contributed by atoms with Gasteiger partial charge in [-0.05, 0) is 43.2 Å².